The molecular weight excluding hydrogens is 352 g/mol. The van der Waals surface area contributed by atoms with E-state index in [0.29, 0.717) is 24.0 Å². The SMILES string of the molecule is CCC(C)CC(=O)N1CCC(c2cc(C(=O)N(C)c3ccccc3)n[nH]2)CC1. The number of piperidine rings is 1. The van der Waals surface area contributed by atoms with Crippen molar-refractivity contribution in [1.82, 2.24) is 15.1 Å². The molecule has 1 saturated heterocycles. The summed E-state index contributed by atoms with van der Waals surface area (Å²) in [7, 11) is 1.76. The first kappa shape index (κ1) is 20.1. The van der Waals surface area contributed by atoms with E-state index in [1.807, 2.05) is 41.3 Å². The van der Waals surface area contributed by atoms with Gasteiger partial charge in [-0.2, -0.15) is 5.10 Å². The van der Waals surface area contributed by atoms with Crippen molar-refractivity contribution in [2.75, 3.05) is 25.0 Å². The zero-order chi connectivity index (χ0) is 20.1. The fourth-order valence-corrected chi connectivity index (χ4v) is 3.61. The Morgan fingerprint density at radius 1 is 1.25 bits per heavy atom. The van der Waals surface area contributed by atoms with Gasteiger partial charge in [0.25, 0.3) is 5.91 Å². The van der Waals surface area contributed by atoms with E-state index in [2.05, 4.69) is 24.0 Å². The maximum absolute atomic E-state index is 12.7. The van der Waals surface area contributed by atoms with Gasteiger partial charge in [0.2, 0.25) is 5.91 Å². The van der Waals surface area contributed by atoms with Crippen LogP contribution in [0.1, 0.15) is 61.6 Å². The largest absolute Gasteiger partial charge is 0.343 e. The molecule has 0 radical (unpaired) electrons. The molecule has 2 heterocycles. The third kappa shape index (κ3) is 4.61. The number of likely N-dealkylation sites (tertiary alicyclic amines) is 1. The van der Waals surface area contributed by atoms with Gasteiger partial charge in [0.1, 0.15) is 0 Å². The lowest BCUT2D eigenvalue weighted by Gasteiger charge is -2.32. The summed E-state index contributed by atoms with van der Waals surface area (Å²) in [5.41, 5.74) is 2.25. The van der Waals surface area contributed by atoms with Crippen molar-refractivity contribution in [3.8, 4) is 0 Å². The molecule has 0 bridgehead atoms. The van der Waals surface area contributed by atoms with E-state index in [9.17, 15) is 9.59 Å². The van der Waals surface area contributed by atoms with Crippen LogP contribution in [0.25, 0.3) is 0 Å². The van der Waals surface area contributed by atoms with Gasteiger partial charge in [-0.05, 0) is 37.0 Å². The number of anilines is 1. The van der Waals surface area contributed by atoms with Crippen molar-refractivity contribution in [3.05, 3.63) is 47.8 Å². The lowest BCUT2D eigenvalue weighted by molar-refractivity contribution is -0.133. The Labute approximate surface area is 166 Å². The van der Waals surface area contributed by atoms with Gasteiger partial charge in [0.05, 0.1) is 0 Å². The number of hydrogen-bond donors (Lipinski definition) is 1. The number of rotatable bonds is 6. The van der Waals surface area contributed by atoms with Gasteiger partial charge in [-0.3, -0.25) is 14.7 Å². The monoisotopic (exact) mass is 382 g/mol. The van der Waals surface area contributed by atoms with Crippen LogP contribution in [0.3, 0.4) is 0 Å². The van der Waals surface area contributed by atoms with Crippen molar-refractivity contribution >= 4 is 17.5 Å². The molecular formula is C22H30N4O2. The van der Waals surface area contributed by atoms with E-state index < -0.39 is 0 Å². The second-order valence-corrected chi connectivity index (χ2v) is 7.78. The average molecular weight is 383 g/mol. The molecule has 1 aliphatic rings. The van der Waals surface area contributed by atoms with Crippen LogP contribution in [-0.2, 0) is 4.79 Å². The zero-order valence-electron chi connectivity index (χ0n) is 17.0. The maximum Gasteiger partial charge on any atom is 0.278 e. The van der Waals surface area contributed by atoms with Crippen LogP contribution in [0, 0.1) is 5.92 Å². The Morgan fingerprint density at radius 3 is 2.57 bits per heavy atom. The first-order valence-electron chi connectivity index (χ1n) is 10.2. The van der Waals surface area contributed by atoms with Gasteiger partial charge in [0, 0.05) is 43.9 Å². The van der Waals surface area contributed by atoms with E-state index in [1.165, 1.54) is 0 Å². The van der Waals surface area contributed by atoms with Gasteiger partial charge in [-0.25, -0.2) is 0 Å². The number of H-pyrrole nitrogens is 1. The minimum absolute atomic E-state index is 0.130. The average Bonchev–Trinajstić information content (AvgIpc) is 3.23. The molecule has 3 rings (SSSR count). The second-order valence-electron chi connectivity index (χ2n) is 7.78. The third-order valence-corrected chi connectivity index (χ3v) is 5.77. The number of aromatic nitrogens is 2. The van der Waals surface area contributed by atoms with Crippen LogP contribution in [0.4, 0.5) is 5.69 Å². The molecule has 0 spiro atoms. The Kier molecular flexibility index (Phi) is 6.49. The minimum Gasteiger partial charge on any atom is -0.343 e. The number of amides is 2. The normalized spacial score (nSPS) is 16.0. The number of hydrogen-bond acceptors (Lipinski definition) is 3. The van der Waals surface area contributed by atoms with E-state index in [-0.39, 0.29) is 11.8 Å². The second kappa shape index (κ2) is 9.04. The van der Waals surface area contributed by atoms with Crippen LogP contribution in [-0.4, -0.2) is 47.0 Å². The first-order chi connectivity index (χ1) is 13.5. The fraction of sp³-hybridized carbons (Fsp3) is 0.500. The van der Waals surface area contributed by atoms with Crippen molar-refractivity contribution in [2.45, 2.75) is 45.4 Å². The Bertz CT molecular complexity index is 794. The van der Waals surface area contributed by atoms with Gasteiger partial charge in [-0.1, -0.05) is 38.5 Å². The number of benzene rings is 1. The Balaban J connectivity index is 1.58. The predicted molar refractivity (Wildman–Crippen MR) is 110 cm³/mol. The first-order valence-corrected chi connectivity index (χ1v) is 10.2. The number of carbonyl (C=O) groups excluding carboxylic acids is 2. The van der Waals surface area contributed by atoms with Crippen molar-refractivity contribution < 1.29 is 9.59 Å². The zero-order valence-corrected chi connectivity index (χ0v) is 17.0. The van der Waals surface area contributed by atoms with Crippen LogP contribution >= 0.6 is 0 Å². The molecule has 1 aromatic heterocycles. The third-order valence-electron chi connectivity index (χ3n) is 5.77. The molecule has 28 heavy (non-hydrogen) atoms. The molecule has 1 fully saturated rings. The van der Waals surface area contributed by atoms with Crippen LogP contribution in [0.5, 0.6) is 0 Å². The summed E-state index contributed by atoms with van der Waals surface area (Å²) >= 11 is 0. The fourth-order valence-electron chi connectivity index (χ4n) is 3.61. The van der Waals surface area contributed by atoms with Crippen LogP contribution < -0.4 is 4.90 Å². The predicted octanol–water partition coefficient (Wildman–Crippen LogP) is 3.83. The number of carbonyl (C=O) groups is 2. The van der Waals surface area contributed by atoms with Gasteiger partial charge in [0.15, 0.2) is 5.69 Å². The lowest BCUT2D eigenvalue weighted by Crippen LogP contribution is -2.38. The standard InChI is InChI=1S/C22H30N4O2/c1-4-16(2)14-21(27)26-12-10-17(11-13-26)19-15-20(24-23-19)22(28)25(3)18-8-6-5-7-9-18/h5-9,15-17H,4,10-14H2,1-3H3,(H,23,24). The summed E-state index contributed by atoms with van der Waals surface area (Å²) in [5.74, 6) is 0.879. The summed E-state index contributed by atoms with van der Waals surface area (Å²) in [4.78, 5) is 28.7. The summed E-state index contributed by atoms with van der Waals surface area (Å²) in [5, 5.41) is 7.29. The molecule has 6 heteroatoms. The molecule has 150 valence electrons. The highest BCUT2D eigenvalue weighted by atomic mass is 16.2. The van der Waals surface area contributed by atoms with Crippen molar-refractivity contribution in [3.63, 3.8) is 0 Å². The maximum atomic E-state index is 12.7. The molecule has 1 aliphatic heterocycles. The molecule has 1 atom stereocenters. The van der Waals surface area contributed by atoms with E-state index >= 15 is 0 Å². The highest BCUT2D eigenvalue weighted by Gasteiger charge is 2.26. The minimum atomic E-state index is -0.130. The van der Waals surface area contributed by atoms with Gasteiger partial charge in [-0.15, -0.1) is 0 Å². The number of aromatic amines is 1. The quantitative estimate of drug-likeness (QED) is 0.825. The van der Waals surface area contributed by atoms with E-state index in [0.717, 1.165) is 43.7 Å². The number of nitrogens with zero attached hydrogens (tertiary/aromatic N) is 3. The Hall–Kier alpha value is -2.63. The van der Waals surface area contributed by atoms with Crippen molar-refractivity contribution in [1.29, 1.82) is 0 Å². The van der Waals surface area contributed by atoms with Crippen molar-refractivity contribution in [2.24, 2.45) is 5.92 Å². The molecule has 6 nitrogen and oxygen atoms in total. The van der Waals surface area contributed by atoms with E-state index in [4.69, 9.17) is 0 Å². The molecule has 1 N–H and O–H groups in total. The molecule has 0 saturated carbocycles. The van der Waals surface area contributed by atoms with Crippen LogP contribution in [0.15, 0.2) is 36.4 Å². The summed E-state index contributed by atoms with van der Waals surface area (Å²) in [6, 6.07) is 11.4. The number of para-hydroxylation sites is 1. The molecule has 0 aliphatic carbocycles. The summed E-state index contributed by atoms with van der Waals surface area (Å²) in [6.07, 6.45) is 3.47. The van der Waals surface area contributed by atoms with Crippen LogP contribution in [0.2, 0.25) is 0 Å². The smallest absolute Gasteiger partial charge is 0.278 e. The summed E-state index contributed by atoms with van der Waals surface area (Å²) < 4.78 is 0. The van der Waals surface area contributed by atoms with Gasteiger partial charge < -0.3 is 9.80 Å². The molecule has 1 unspecified atom stereocenters. The highest BCUT2D eigenvalue weighted by molar-refractivity contribution is 6.04. The number of nitrogens with one attached hydrogen (secondary N) is 1. The molecule has 2 amide bonds. The molecule has 2 aromatic rings. The lowest BCUT2D eigenvalue weighted by atomic mass is 9.92. The van der Waals surface area contributed by atoms with E-state index in [1.54, 1.807) is 11.9 Å². The summed E-state index contributed by atoms with van der Waals surface area (Å²) in [6.45, 7) is 5.79. The molecule has 1 aromatic carbocycles. The topological polar surface area (TPSA) is 69.3 Å². The Morgan fingerprint density at radius 2 is 1.93 bits per heavy atom. The highest BCUT2D eigenvalue weighted by Crippen LogP contribution is 2.28. The van der Waals surface area contributed by atoms with Gasteiger partial charge >= 0.3 is 0 Å².